The number of hydrogen-bond acceptors (Lipinski definition) is 3. The van der Waals surface area contributed by atoms with E-state index in [9.17, 15) is 9.59 Å². The fraction of sp³-hybridized carbons (Fsp3) is 0.615. The summed E-state index contributed by atoms with van der Waals surface area (Å²) in [5, 5.41) is 16.0. The predicted octanol–water partition coefficient (Wildman–Crippen LogP) is 0.890. The summed E-state index contributed by atoms with van der Waals surface area (Å²) in [5.41, 5.74) is 0. The van der Waals surface area contributed by atoms with Crippen molar-refractivity contribution >= 4 is 11.9 Å². The van der Waals surface area contributed by atoms with Gasteiger partial charge in [-0.25, -0.2) is 0 Å². The first-order valence-electron chi connectivity index (χ1n) is 6.66. The quantitative estimate of drug-likeness (QED) is 0.828. The molecule has 0 spiro atoms. The van der Waals surface area contributed by atoms with Gasteiger partial charge in [-0.3, -0.25) is 14.3 Å². The summed E-state index contributed by atoms with van der Waals surface area (Å²) in [6, 6.07) is 1.82. The second-order valence-electron chi connectivity index (χ2n) is 4.90. The molecule has 19 heavy (non-hydrogen) atoms. The van der Waals surface area contributed by atoms with E-state index in [1.54, 1.807) is 10.9 Å². The minimum atomic E-state index is -0.855. The maximum atomic E-state index is 12.0. The van der Waals surface area contributed by atoms with Gasteiger partial charge in [-0.15, -0.1) is 0 Å². The Morgan fingerprint density at radius 2 is 2.05 bits per heavy atom. The van der Waals surface area contributed by atoms with Gasteiger partial charge in [-0.05, 0) is 18.9 Å². The van der Waals surface area contributed by atoms with Gasteiger partial charge in [0.15, 0.2) is 0 Å². The molecule has 6 nitrogen and oxygen atoms in total. The fourth-order valence-corrected chi connectivity index (χ4v) is 2.60. The van der Waals surface area contributed by atoms with Crippen molar-refractivity contribution in [3.63, 3.8) is 0 Å². The molecule has 1 aliphatic carbocycles. The van der Waals surface area contributed by atoms with Crippen LogP contribution in [0.15, 0.2) is 18.5 Å². The number of aromatic nitrogens is 2. The Labute approximate surface area is 111 Å². The first-order valence-corrected chi connectivity index (χ1v) is 6.66. The molecular formula is C13H19N3O3. The van der Waals surface area contributed by atoms with E-state index < -0.39 is 11.9 Å². The van der Waals surface area contributed by atoms with Crippen molar-refractivity contribution in [3.05, 3.63) is 18.5 Å². The van der Waals surface area contributed by atoms with Gasteiger partial charge in [0.2, 0.25) is 5.91 Å². The zero-order valence-corrected chi connectivity index (χ0v) is 10.8. The molecule has 0 saturated heterocycles. The Hall–Kier alpha value is -1.85. The Morgan fingerprint density at radius 3 is 2.68 bits per heavy atom. The second kappa shape index (κ2) is 6.36. The summed E-state index contributed by atoms with van der Waals surface area (Å²) in [4.78, 5) is 23.2. The van der Waals surface area contributed by atoms with E-state index in [1.165, 1.54) is 0 Å². The van der Waals surface area contributed by atoms with Crippen LogP contribution in [0.4, 0.5) is 0 Å². The summed E-state index contributed by atoms with van der Waals surface area (Å²) < 4.78 is 1.73. The molecule has 2 rings (SSSR count). The largest absolute Gasteiger partial charge is 0.481 e. The Kier molecular flexibility index (Phi) is 4.54. The highest BCUT2D eigenvalue weighted by atomic mass is 16.4. The molecule has 0 unspecified atom stereocenters. The Balaban J connectivity index is 1.82. The van der Waals surface area contributed by atoms with Gasteiger partial charge in [-0.1, -0.05) is 12.8 Å². The molecule has 0 aromatic carbocycles. The molecule has 2 atom stereocenters. The van der Waals surface area contributed by atoms with Crippen LogP contribution in [0.25, 0.3) is 0 Å². The average Bonchev–Trinajstić information content (AvgIpc) is 2.91. The van der Waals surface area contributed by atoms with Crippen LogP contribution < -0.4 is 5.32 Å². The highest BCUT2D eigenvalue weighted by Gasteiger charge is 2.35. The molecule has 1 amide bonds. The van der Waals surface area contributed by atoms with E-state index in [0.29, 0.717) is 25.9 Å². The summed E-state index contributed by atoms with van der Waals surface area (Å²) in [6.45, 7) is 1.08. The van der Waals surface area contributed by atoms with Gasteiger partial charge in [0.25, 0.3) is 0 Å². The lowest BCUT2D eigenvalue weighted by Gasteiger charge is -2.27. The highest BCUT2D eigenvalue weighted by Crippen LogP contribution is 2.30. The monoisotopic (exact) mass is 265 g/mol. The van der Waals surface area contributed by atoms with Crippen LogP contribution in [-0.2, 0) is 16.1 Å². The van der Waals surface area contributed by atoms with Gasteiger partial charge < -0.3 is 10.4 Å². The van der Waals surface area contributed by atoms with Crippen molar-refractivity contribution in [2.24, 2.45) is 11.8 Å². The summed E-state index contributed by atoms with van der Waals surface area (Å²) in [5.74, 6) is -1.91. The maximum absolute atomic E-state index is 12.0. The minimum absolute atomic E-state index is 0.140. The average molecular weight is 265 g/mol. The molecule has 1 saturated carbocycles. The van der Waals surface area contributed by atoms with Crippen LogP contribution >= 0.6 is 0 Å². The molecule has 1 aliphatic rings. The van der Waals surface area contributed by atoms with Crippen molar-refractivity contribution in [2.75, 3.05) is 6.54 Å². The van der Waals surface area contributed by atoms with Crippen molar-refractivity contribution in [3.8, 4) is 0 Å². The zero-order valence-electron chi connectivity index (χ0n) is 10.8. The number of carbonyl (C=O) groups excluding carboxylic acids is 1. The van der Waals surface area contributed by atoms with Crippen LogP contribution in [0.5, 0.6) is 0 Å². The third-order valence-electron chi connectivity index (χ3n) is 3.62. The van der Waals surface area contributed by atoms with E-state index in [4.69, 9.17) is 5.11 Å². The number of aliphatic carboxylic acids is 1. The third-order valence-corrected chi connectivity index (χ3v) is 3.62. The molecule has 0 radical (unpaired) electrons. The van der Waals surface area contributed by atoms with E-state index in [1.807, 2.05) is 12.3 Å². The number of rotatable bonds is 5. The predicted molar refractivity (Wildman–Crippen MR) is 68.3 cm³/mol. The molecule has 1 heterocycles. The topological polar surface area (TPSA) is 84.2 Å². The molecule has 0 bridgehead atoms. The normalized spacial score (nSPS) is 22.9. The molecular weight excluding hydrogens is 246 g/mol. The van der Waals surface area contributed by atoms with Gasteiger partial charge in [0, 0.05) is 18.9 Å². The van der Waals surface area contributed by atoms with Crippen LogP contribution in [-0.4, -0.2) is 33.3 Å². The third kappa shape index (κ3) is 3.56. The number of hydrogen-bond donors (Lipinski definition) is 2. The van der Waals surface area contributed by atoms with Crippen molar-refractivity contribution < 1.29 is 14.7 Å². The number of carboxylic acids is 1. The highest BCUT2D eigenvalue weighted by molar-refractivity contribution is 5.84. The van der Waals surface area contributed by atoms with Gasteiger partial charge >= 0.3 is 5.97 Å². The molecule has 1 aromatic rings. The number of carboxylic acid groups (broad SMARTS) is 1. The van der Waals surface area contributed by atoms with Crippen molar-refractivity contribution in [1.29, 1.82) is 0 Å². The van der Waals surface area contributed by atoms with E-state index in [2.05, 4.69) is 10.4 Å². The Morgan fingerprint density at radius 1 is 1.32 bits per heavy atom. The van der Waals surface area contributed by atoms with Crippen LogP contribution in [0.1, 0.15) is 25.7 Å². The molecule has 1 aromatic heterocycles. The summed E-state index contributed by atoms with van der Waals surface area (Å²) >= 11 is 0. The van der Waals surface area contributed by atoms with Gasteiger partial charge in [0.05, 0.1) is 18.4 Å². The van der Waals surface area contributed by atoms with Crippen LogP contribution in [0.2, 0.25) is 0 Å². The van der Waals surface area contributed by atoms with Crippen LogP contribution in [0, 0.1) is 11.8 Å². The first-order chi connectivity index (χ1) is 9.18. The minimum Gasteiger partial charge on any atom is -0.481 e. The molecule has 1 fully saturated rings. The molecule has 104 valence electrons. The van der Waals surface area contributed by atoms with Crippen molar-refractivity contribution in [1.82, 2.24) is 15.1 Å². The standard InChI is InChI=1S/C13H19N3O3/c17-12(14-7-9-16-8-3-6-15-16)10-4-1-2-5-11(10)13(18)19/h3,6,8,10-11H,1-2,4-5,7,9H2,(H,14,17)(H,18,19)/t10-,11-/m1/s1. The van der Waals surface area contributed by atoms with E-state index in [-0.39, 0.29) is 11.8 Å². The lowest BCUT2D eigenvalue weighted by Crippen LogP contribution is -2.40. The van der Waals surface area contributed by atoms with Crippen LogP contribution in [0.3, 0.4) is 0 Å². The van der Waals surface area contributed by atoms with E-state index >= 15 is 0 Å². The molecule has 6 heteroatoms. The SMILES string of the molecule is O=C(O)[C@@H]1CCCC[C@H]1C(=O)NCCn1cccn1. The lowest BCUT2D eigenvalue weighted by molar-refractivity contribution is -0.148. The Bertz CT molecular complexity index is 430. The summed E-state index contributed by atoms with van der Waals surface area (Å²) in [7, 11) is 0. The smallest absolute Gasteiger partial charge is 0.307 e. The van der Waals surface area contributed by atoms with Gasteiger partial charge in [0.1, 0.15) is 0 Å². The number of amides is 1. The fourth-order valence-electron chi connectivity index (χ4n) is 2.60. The van der Waals surface area contributed by atoms with E-state index in [0.717, 1.165) is 12.8 Å². The number of nitrogens with one attached hydrogen (secondary N) is 1. The summed E-state index contributed by atoms with van der Waals surface area (Å²) in [6.07, 6.45) is 6.61. The maximum Gasteiger partial charge on any atom is 0.307 e. The molecule has 0 aliphatic heterocycles. The first kappa shape index (κ1) is 13.6. The number of carbonyl (C=O) groups is 2. The zero-order chi connectivity index (χ0) is 13.7. The number of nitrogens with zero attached hydrogens (tertiary/aromatic N) is 2. The second-order valence-corrected chi connectivity index (χ2v) is 4.90. The molecule has 2 N–H and O–H groups in total. The van der Waals surface area contributed by atoms with Gasteiger partial charge in [-0.2, -0.15) is 5.10 Å². The lowest BCUT2D eigenvalue weighted by atomic mass is 9.79. The van der Waals surface area contributed by atoms with Crippen molar-refractivity contribution in [2.45, 2.75) is 32.2 Å².